The van der Waals surface area contributed by atoms with Gasteiger partial charge in [0.1, 0.15) is 0 Å². The third-order valence-electron chi connectivity index (χ3n) is 4.35. The van der Waals surface area contributed by atoms with E-state index in [2.05, 4.69) is 6.92 Å². The summed E-state index contributed by atoms with van der Waals surface area (Å²) in [4.78, 5) is 11.3. The molecule has 2 aromatic carbocycles. The molecule has 0 aliphatic heterocycles. The fourth-order valence-corrected chi connectivity index (χ4v) is 2.81. The van der Waals surface area contributed by atoms with Crippen molar-refractivity contribution in [3.05, 3.63) is 53.8 Å². The molecule has 0 aromatic heterocycles. The quantitative estimate of drug-likeness (QED) is 0.387. The van der Waals surface area contributed by atoms with Crippen LogP contribution >= 0.6 is 0 Å². The summed E-state index contributed by atoms with van der Waals surface area (Å²) in [6, 6.07) is 12.2. The Morgan fingerprint density at radius 1 is 1.04 bits per heavy atom. The molecule has 2 nitrogen and oxygen atoms in total. The first kappa shape index (κ1) is 19.2. The lowest BCUT2D eigenvalue weighted by molar-refractivity contribution is 0.101. The molecule has 0 unspecified atom stereocenters. The molecule has 0 amide bonds. The van der Waals surface area contributed by atoms with E-state index < -0.39 is 0 Å². The van der Waals surface area contributed by atoms with Crippen molar-refractivity contribution in [2.45, 2.75) is 59.0 Å². The molecular formula is C22H27FO2. The molecule has 0 radical (unpaired) electrons. The third-order valence-corrected chi connectivity index (χ3v) is 4.35. The maximum Gasteiger partial charge on any atom is 0.165 e. The van der Waals surface area contributed by atoms with Gasteiger partial charge in [0.15, 0.2) is 17.3 Å². The molecule has 0 aliphatic carbocycles. The molecule has 0 aliphatic rings. The molecule has 134 valence electrons. The number of carbonyl (C=O) groups is 1. The standard InChI is InChI=1S/C22H27FO2/c1-4-5-6-7-8-16(2)25-22-14-13-20(15-21(22)23)19-11-9-18(10-12-19)17(3)24/h9-16H,4-8H2,1-3H3/t16-/m0/s1. The van der Waals surface area contributed by atoms with Crippen LogP contribution in [0, 0.1) is 5.82 Å². The molecule has 0 spiro atoms. The van der Waals surface area contributed by atoms with Gasteiger partial charge in [0, 0.05) is 5.56 Å². The van der Waals surface area contributed by atoms with Crippen LogP contribution in [-0.2, 0) is 0 Å². The molecule has 25 heavy (non-hydrogen) atoms. The van der Waals surface area contributed by atoms with Crippen LogP contribution in [-0.4, -0.2) is 11.9 Å². The smallest absolute Gasteiger partial charge is 0.165 e. The van der Waals surface area contributed by atoms with Crippen molar-refractivity contribution >= 4 is 5.78 Å². The van der Waals surface area contributed by atoms with E-state index in [1.54, 1.807) is 18.2 Å². The summed E-state index contributed by atoms with van der Waals surface area (Å²) >= 11 is 0. The minimum Gasteiger partial charge on any atom is -0.488 e. The molecular weight excluding hydrogens is 315 g/mol. The second-order valence-corrected chi connectivity index (χ2v) is 6.56. The summed E-state index contributed by atoms with van der Waals surface area (Å²) in [5, 5.41) is 0. The van der Waals surface area contributed by atoms with Crippen molar-refractivity contribution in [1.29, 1.82) is 0 Å². The lowest BCUT2D eigenvalue weighted by Crippen LogP contribution is -2.12. The summed E-state index contributed by atoms with van der Waals surface area (Å²) in [7, 11) is 0. The highest BCUT2D eigenvalue weighted by Crippen LogP contribution is 2.27. The Morgan fingerprint density at radius 2 is 1.72 bits per heavy atom. The second-order valence-electron chi connectivity index (χ2n) is 6.56. The van der Waals surface area contributed by atoms with Gasteiger partial charge in [0.05, 0.1) is 6.10 Å². The van der Waals surface area contributed by atoms with Crippen LogP contribution in [0.5, 0.6) is 5.75 Å². The van der Waals surface area contributed by atoms with Crippen LogP contribution in [0.4, 0.5) is 4.39 Å². The van der Waals surface area contributed by atoms with Gasteiger partial charge < -0.3 is 4.74 Å². The highest BCUT2D eigenvalue weighted by atomic mass is 19.1. The number of hydrogen-bond acceptors (Lipinski definition) is 2. The molecule has 1 atom stereocenters. The fourth-order valence-electron chi connectivity index (χ4n) is 2.81. The van der Waals surface area contributed by atoms with Crippen LogP contribution in [0.3, 0.4) is 0 Å². The predicted octanol–water partition coefficient (Wildman–Crippen LogP) is 6.43. The zero-order chi connectivity index (χ0) is 18.2. The lowest BCUT2D eigenvalue weighted by Gasteiger charge is -2.15. The summed E-state index contributed by atoms with van der Waals surface area (Å²) in [5.41, 5.74) is 2.31. The van der Waals surface area contributed by atoms with Gasteiger partial charge in [-0.3, -0.25) is 4.79 Å². The van der Waals surface area contributed by atoms with Crippen molar-refractivity contribution in [3.8, 4) is 16.9 Å². The largest absolute Gasteiger partial charge is 0.488 e. The van der Waals surface area contributed by atoms with Crippen LogP contribution in [0.1, 0.15) is 63.2 Å². The molecule has 0 bridgehead atoms. The number of Topliss-reactive ketones (excluding diaryl/α,β-unsaturated/α-hetero) is 1. The van der Waals surface area contributed by atoms with Crippen molar-refractivity contribution in [1.82, 2.24) is 0 Å². The Labute approximate surface area is 150 Å². The maximum atomic E-state index is 14.4. The number of unbranched alkanes of at least 4 members (excludes halogenated alkanes) is 3. The van der Waals surface area contributed by atoms with E-state index >= 15 is 0 Å². The van der Waals surface area contributed by atoms with E-state index in [1.165, 1.54) is 32.3 Å². The molecule has 0 saturated carbocycles. The monoisotopic (exact) mass is 342 g/mol. The summed E-state index contributed by atoms with van der Waals surface area (Å²) < 4.78 is 20.1. The first-order chi connectivity index (χ1) is 12.0. The number of ketones is 1. The molecule has 0 N–H and O–H groups in total. The summed E-state index contributed by atoms with van der Waals surface area (Å²) in [6.07, 6.45) is 5.69. The number of benzene rings is 2. The van der Waals surface area contributed by atoms with Gasteiger partial charge in [0.2, 0.25) is 0 Å². The van der Waals surface area contributed by atoms with Crippen molar-refractivity contribution < 1.29 is 13.9 Å². The molecule has 0 heterocycles. The van der Waals surface area contributed by atoms with Crippen molar-refractivity contribution in [2.24, 2.45) is 0 Å². The highest BCUT2D eigenvalue weighted by Gasteiger charge is 2.10. The van der Waals surface area contributed by atoms with E-state index in [-0.39, 0.29) is 17.7 Å². The first-order valence-electron chi connectivity index (χ1n) is 9.09. The van der Waals surface area contributed by atoms with Crippen molar-refractivity contribution in [2.75, 3.05) is 0 Å². The molecule has 0 fully saturated rings. The van der Waals surface area contributed by atoms with E-state index in [1.807, 2.05) is 25.1 Å². The Balaban J connectivity index is 2.01. The summed E-state index contributed by atoms with van der Waals surface area (Å²) in [5.74, 6) is -0.0324. The van der Waals surface area contributed by atoms with Gasteiger partial charge >= 0.3 is 0 Å². The number of carbonyl (C=O) groups excluding carboxylic acids is 1. The number of halogens is 1. The second kappa shape index (κ2) is 9.36. The zero-order valence-corrected chi connectivity index (χ0v) is 15.3. The van der Waals surface area contributed by atoms with E-state index in [0.29, 0.717) is 11.3 Å². The molecule has 0 saturated heterocycles. The Bertz CT molecular complexity index is 692. The molecule has 2 aromatic rings. The van der Waals surface area contributed by atoms with E-state index in [4.69, 9.17) is 4.74 Å². The SMILES string of the molecule is CCCCCC[C@H](C)Oc1ccc(-c2ccc(C(C)=O)cc2)cc1F. The van der Waals surface area contributed by atoms with Gasteiger partial charge in [-0.25, -0.2) is 4.39 Å². The van der Waals surface area contributed by atoms with Crippen LogP contribution < -0.4 is 4.74 Å². The van der Waals surface area contributed by atoms with Crippen LogP contribution in [0.15, 0.2) is 42.5 Å². The lowest BCUT2D eigenvalue weighted by atomic mass is 10.0. The fraction of sp³-hybridized carbons (Fsp3) is 0.409. The minimum atomic E-state index is -0.353. The number of hydrogen-bond donors (Lipinski definition) is 0. The highest BCUT2D eigenvalue weighted by molar-refractivity contribution is 5.94. The van der Waals surface area contributed by atoms with Gasteiger partial charge in [0.25, 0.3) is 0 Å². The van der Waals surface area contributed by atoms with Crippen LogP contribution in [0.25, 0.3) is 11.1 Å². The predicted molar refractivity (Wildman–Crippen MR) is 101 cm³/mol. The molecule has 2 rings (SSSR count). The Hall–Kier alpha value is -2.16. The Morgan fingerprint density at radius 3 is 2.32 bits per heavy atom. The average molecular weight is 342 g/mol. The average Bonchev–Trinajstić information content (AvgIpc) is 2.60. The minimum absolute atomic E-state index is 0.00653. The third kappa shape index (κ3) is 5.70. The zero-order valence-electron chi connectivity index (χ0n) is 15.3. The maximum absolute atomic E-state index is 14.4. The van der Waals surface area contributed by atoms with Gasteiger partial charge in [-0.05, 0) is 49.9 Å². The number of ether oxygens (including phenoxy) is 1. The van der Waals surface area contributed by atoms with E-state index in [9.17, 15) is 9.18 Å². The first-order valence-corrected chi connectivity index (χ1v) is 9.09. The normalized spacial score (nSPS) is 12.0. The number of rotatable bonds is 9. The van der Waals surface area contributed by atoms with Gasteiger partial charge in [-0.2, -0.15) is 0 Å². The Kier molecular flexibility index (Phi) is 7.17. The van der Waals surface area contributed by atoms with Gasteiger partial charge in [-0.15, -0.1) is 0 Å². The molecule has 3 heteroatoms. The topological polar surface area (TPSA) is 26.3 Å². The van der Waals surface area contributed by atoms with Gasteiger partial charge in [-0.1, -0.05) is 56.5 Å². The van der Waals surface area contributed by atoms with E-state index in [0.717, 1.165) is 24.0 Å². The summed E-state index contributed by atoms with van der Waals surface area (Å²) in [6.45, 7) is 5.70. The van der Waals surface area contributed by atoms with Crippen LogP contribution in [0.2, 0.25) is 0 Å². The van der Waals surface area contributed by atoms with Crippen molar-refractivity contribution in [3.63, 3.8) is 0 Å².